The molecule has 4 aliphatic rings. The van der Waals surface area contributed by atoms with Crippen molar-refractivity contribution in [3.63, 3.8) is 0 Å². The predicted octanol–water partition coefficient (Wildman–Crippen LogP) is 8.08. The molecule has 4 unspecified atom stereocenters. The maximum atomic E-state index is 11.4. The lowest BCUT2D eigenvalue weighted by Crippen LogP contribution is -2.49. The molecule has 7 atom stereocenters. The second kappa shape index (κ2) is 8.71. The molecule has 0 radical (unpaired) electrons. The van der Waals surface area contributed by atoms with E-state index in [-0.39, 0.29) is 11.4 Å². The highest BCUT2D eigenvalue weighted by Gasteiger charge is 2.58. The first-order valence-corrected chi connectivity index (χ1v) is 13.2. The molecule has 0 amide bonds. The van der Waals surface area contributed by atoms with Crippen LogP contribution in [0, 0.1) is 46.3 Å². The van der Waals surface area contributed by atoms with E-state index in [1.54, 1.807) is 0 Å². The third-order valence-corrected chi connectivity index (χ3v) is 10.2. The van der Waals surface area contributed by atoms with Crippen molar-refractivity contribution in [3.8, 4) is 0 Å². The van der Waals surface area contributed by atoms with Gasteiger partial charge in [0.05, 0.1) is 0 Å². The summed E-state index contributed by atoms with van der Waals surface area (Å²) in [6.07, 6.45) is 17.9. The van der Waals surface area contributed by atoms with Crippen LogP contribution in [-0.4, -0.2) is 5.97 Å². The normalized spacial score (nSPS) is 40.4. The largest absolute Gasteiger partial charge is 0.431 e. The van der Waals surface area contributed by atoms with Gasteiger partial charge in [-0.3, -0.25) is 4.79 Å². The van der Waals surface area contributed by atoms with Crippen molar-refractivity contribution in [2.45, 2.75) is 106 Å². The molecule has 174 valence electrons. The van der Waals surface area contributed by atoms with E-state index < -0.39 is 0 Å². The molecule has 4 aliphatic carbocycles. The summed E-state index contributed by atoms with van der Waals surface area (Å²) < 4.78 is 5.48. The molecular formula is C29H46O2. The van der Waals surface area contributed by atoms with E-state index in [1.165, 1.54) is 63.9 Å². The maximum absolute atomic E-state index is 11.4. The lowest BCUT2D eigenvalue weighted by Gasteiger charge is -2.57. The minimum Gasteiger partial charge on any atom is -0.431 e. The Labute approximate surface area is 191 Å². The Morgan fingerprint density at radius 3 is 2.58 bits per heavy atom. The Bertz CT molecular complexity index is 746. The van der Waals surface area contributed by atoms with E-state index in [9.17, 15) is 4.79 Å². The van der Waals surface area contributed by atoms with Crippen LogP contribution in [0.5, 0.6) is 0 Å². The number of fused-ring (bicyclic) bond motifs is 5. The Balaban J connectivity index is 1.50. The summed E-state index contributed by atoms with van der Waals surface area (Å²) in [5, 5.41) is 0. The second-order valence-electron chi connectivity index (χ2n) is 12.4. The summed E-state index contributed by atoms with van der Waals surface area (Å²) in [5.41, 5.74) is 2.28. The highest BCUT2D eigenvalue weighted by molar-refractivity contribution is 5.67. The molecule has 2 heteroatoms. The molecule has 2 nitrogen and oxygen atoms in total. The minimum atomic E-state index is -0.183. The van der Waals surface area contributed by atoms with Gasteiger partial charge in [0.15, 0.2) is 0 Å². The van der Waals surface area contributed by atoms with Crippen molar-refractivity contribution in [3.05, 3.63) is 23.5 Å². The summed E-state index contributed by atoms with van der Waals surface area (Å²) in [6, 6.07) is 0. The van der Waals surface area contributed by atoms with Crippen LogP contribution in [0.4, 0.5) is 0 Å². The smallest absolute Gasteiger partial charge is 0.307 e. The van der Waals surface area contributed by atoms with Crippen LogP contribution in [0.2, 0.25) is 0 Å². The van der Waals surface area contributed by atoms with Gasteiger partial charge in [0.2, 0.25) is 0 Å². The van der Waals surface area contributed by atoms with Gasteiger partial charge in [-0.2, -0.15) is 0 Å². The van der Waals surface area contributed by atoms with Gasteiger partial charge in [-0.15, -0.1) is 0 Å². The number of rotatable bonds is 6. The molecule has 0 aromatic heterocycles. The molecule has 0 saturated heterocycles. The van der Waals surface area contributed by atoms with Crippen molar-refractivity contribution in [1.29, 1.82) is 0 Å². The first kappa shape index (κ1) is 23.1. The topological polar surface area (TPSA) is 26.3 Å². The number of esters is 1. The number of carbonyl (C=O) groups is 1. The van der Waals surface area contributed by atoms with Crippen molar-refractivity contribution in [2.24, 2.45) is 46.3 Å². The van der Waals surface area contributed by atoms with Crippen molar-refractivity contribution >= 4 is 5.97 Å². The molecule has 0 N–H and O–H groups in total. The monoisotopic (exact) mass is 426 g/mol. The van der Waals surface area contributed by atoms with Crippen LogP contribution >= 0.6 is 0 Å². The number of allylic oxidation sites excluding steroid dienone is 4. The Morgan fingerprint density at radius 2 is 1.87 bits per heavy atom. The summed E-state index contributed by atoms with van der Waals surface area (Å²) in [7, 11) is 0. The summed E-state index contributed by atoms with van der Waals surface area (Å²) in [6.45, 7) is 14.0. The SMILES string of the molecule is CC(=O)OC1=CC2=CCC3C4CCC([C@H](C)CCCC(C)C)[C@@]4(C)CCC3[C@@]2(C)CC1. The van der Waals surface area contributed by atoms with Gasteiger partial charge in [0, 0.05) is 13.3 Å². The third kappa shape index (κ3) is 4.18. The van der Waals surface area contributed by atoms with Gasteiger partial charge in [0.1, 0.15) is 5.76 Å². The lowest BCUT2D eigenvalue weighted by atomic mass is 9.47. The lowest BCUT2D eigenvalue weighted by molar-refractivity contribution is -0.137. The molecule has 0 spiro atoms. The first-order chi connectivity index (χ1) is 14.6. The van der Waals surface area contributed by atoms with Gasteiger partial charge in [-0.05, 0) is 96.5 Å². The molecule has 0 bridgehead atoms. The minimum absolute atomic E-state index is 0.183. The summed E-state index contributed by atoms with van der Waals surface area (Å²) in [4.78, 5) is 11.4. The van der Waals surface area contributed by atoms with E-state index in [4.69, 9.17) is 4.74 Å². The highest BCUT2D eigenvalue weighted by atomic mass is 16.5. The number of carbonyl (C=O) groups excluding carboxylic acids is 1. The van der Waals surface area contributed by atoms with Crippen LogP contribution in [0.1, 0.15) is 106 Å². The Morgan fingerprint density at radius 1 is 1.10 bits per heavy atom. The first-order valence-electron chi connectivity index (χ1n) is 13.2. The fourth-order valence-corrected chi connectivity index (χ4v) is 8.59. The molecule has 2 fully saturated rings. The Hall–Kier alpha value is -1.05. The average molecular weight is 427 g/mol. The average Bonchev–Trinajstić information content (AvgIpc) is 3.05. The number of hydrogen-bond acceptors (Lipinski definition) is 2. The number of hydrogen-bond donors (Lipinski definition) is 0. The van der Waals surface area contributed by atoms with Crippen molar-refractivity contribution < 1.29 is 9.53 Å². The van der Waals surface area contributed by atoms with Gasteiger partial charge in [-0.25, -0.2) is 0 Å². The quantitative estimate of drug-likeness (QED) is 0.401. The standard InChI is InChI=1S/C29H46O2/c1-19(2)8-7-9-20(3)25-12-13-26-24-11-10-22-18-23(31-21(4)30)14-16-28(22,5)27(24)15-17-29(25,26)6/h10,18-20,24-27H,7-9,11-17H2,1-6H3/t20-,24?,25?,26?,27?,28+,29-/m1/s1. The fourth-order valence-electron chi connectivity index (χ4n) is 8.59. The molecular weight excluding hydrogens is 380 g/mol. The summed E-state index contributed by atoms with van der Waals surface area (Å²) in [5.74, 6) is 5.88. The molecule has 4 rings (SSSR count). The van der Waals surface area contributed by atoms with Gasteiger partial charge in [-0.1, -0.05) is 60.0 Å². The molecule has 0 aliphatic heterocycles. The Kier molecular flexibility index (Phi) is 6.50. The number of ether oxygens (including phenoxy) is 1. The van der Waals surface area contributed by atoms with E-state index >= 15 is 0 Å². The van der Waals surface area contributed by atoms with Crippen LogP contribution in [0.3, 0.4) is 0 Å². The van der Waals surface area contributed by atoms with Crippen molar-refractivity contribution in [1.82, 2.24) is 0 Å². The molecule has 31 heavy (non-hydrogen) atoms. The van der Waals surface area contributed by atoms with Crippen molar-refractivity contribution in [2.75, 3.05) is 0 Å². The molecule has 0 aromatic carbocycles. The molecule has 0 heterocycles. The van der Waals surface area contributed by atoms with Gasteiger partial charge < -0.3 is 4.74 Å². The maximum Gasteiger partial charge on any atom is 0.307 e. The third-order valence-electron chi connectivity index (χ3n) is 10.2. The summed E-state index contributed by atoms with van der Waals surface area (Å²) >= 11 is 0. The zero-order chi connectivity index (χ0) is 22.4. The van der Waals surface area contributed by atoms with Crippen LogP contribution in [0.25, 0.3) is 0 Å². The van der Waals surface area contributed by atoms with Crippen LogP contribution in [-0.2, 0) is 9.53 Å². The highest BCUT2D eigenvalue weighted by Crippen LogP contribution is 2.67. The van der Waals surface area contributed by atoms with E-state index in [1.807, 2.05) is 0 Å². The zero-order valence-electron chi connectivity index (χ0n) is 21.0. The van der Waals surface area contributed by atoms with Gasteiger partial charge in [0.25, 0.3) is 0 Å². The predicted molar refractivity (Wildman–Crippen MR) is 128 cm³/mol. The fraction of sp³-hybridized carbons (Fsp3) is 0.828. The zero-order valence-corrected chi connectivity index (χ0v) is 21.0. The van der Waals surface area contributed by atoms with Crippen LogP contribution in [0.15, 0.2) is 23.5 Å². The van der Waals surface area contributed by atoms with E-state index in [0.717, 1.165) is 54.1 Å². The second-order valence-corrected chi connectivity index (χ2v) is 12.4. The molecule has 2 saturated carbocycles. The van der Waals surface area contributed by atoms with E-state index in [0.29, 0.717) is 5.41 Å². The van der Waals surface area contributed by atoms with Gasteiger partial charge >= 0.3 is 5.97 Å². The van der Waals surface area contributed by atoms with E-state index in [2.05, 4.69) is 46.8 Å². The van der Waals surface area contributed by atoms with Crippen LogP contribution < -0.4 is 0 Å². The molecule has 0 aromatic rings.